The molecule has 0 heterocycles. The lowest BCUT2D eigenvalue weighted by molar-refractivity contribution is -0.167. The maximum atomic E-state index is 12.9. The van der Waals surface area contributed by atoms with Gasteiger partial charge in [-0.3, -0.25) is 14.4 Å². The summed E-state index contributed by atoms with van der Waals surface area (Å²) >= 11 is 0. The molecule has 0 aromatic rings. The van der Waals surface area contributed by atoms with Crippen LogP contribution >= 0.6 is 0 Å². The van der Waals surface area contributed by atoms with Gasteiger partial charge in [0.2, 0.25) is 0 Å². The van der Waals surface area contributed by atoms with E-state index in [9.17, 15) is 14.4 Å². The molecule has 398 valence electrons. The first-order valence-corrected chi connectivity index (χ1v) is 29.5. The highest BCUT2D eigenvalue weighted by atomic mass is 16.6. The zero-order chi connectivity index (χ0) is 50.0. The van der Waals surface area contributed by atoms with Gasteiger partial charge < -0.3 is 14.2 Å². The molecular weight excluding hydrogens is 853 g/mol. The van der Waals surface area contributed by atoms with Gasteiger partial charge in [-0.05, 0) is 70.6 Å². The van der Waals surface area contributed by atoms with Crippen LogP contribution in [0.2, 0.25) is 0 Å². The Bertz CT molecular complexity index is 1290. The summed E-state index contributed by atoms with van der Waals surface area (Å²) in [6.45, 7) is 6.41. The van der Waals surface area contributed by atoms with Crippen LogP contribution in [0.4, 0.5) is 0 Å². The van der Waals surface area contributed by atoms with E-state index in [-0.39, 0.29) is 31.1 Å². The van der Waals surface area contributed by atoms with Gasteiger partial charge in [0.15, 0.2) is 6.10 Å². The van der Waals surface area contributed by atoms with Crippen LogP contribution in [0.3, 0.4) is 0 Å². The highest BCUT2D eigenvalue weighted by Gasteiger charge is 2.19. The summed E-state index contributed by atoms with van der Waals surface area (Å²) in [4.78, 5) is 38.2. The molecule has 0 aliphatic carbocycles. The van der Waals surface area contributed by atoms with E-state index >= 15 is 0 Å². The third-order valence-corrected chi connectivity index (χ3v) is 12.8. The first-order chi connectivity index (χ1) is 34.0. The molecule has 69 heavy (non-hydrogen) atoms. The molecule has 1 atom stereocenters. The van der Waals surface area contributed by atoms with Crippen molar-refractivity contribution < 1.29 is 28.6 Å². The fraction of sp³-hybridized carbons (Fsp3) is 0.762. The predicted molar refractivity (Wildman–Crippen MR) is 298 cm³/mol. The Morgan fingerprint density at radius 2 is 0.638 bits per heavy atom. The van der Waals surface area contributed by atoms with E-state index in [0.29, 0.717) is 19.3 Å². The summed E-state index contributed by atoms with van der Waals surface area (Å²) in [5.74, 6) is -0.897. The Labute approximate surface area is 427 Å². The molecule has 0 aromatic carbocycles. The van der Waals surface area contributed by atoms with Crippen molar-refractivity contribution in [2.24, 2.45) is 0 Å². The molecule has 0 amide bonds. The molecule has 0 N–H and O–H groups in total. The molecule has 0 rings (SSSR count). The third kappa shape index (κ3) is 55.6. The number of allylic oxidation sites excluding steroid dienone is 12. The second kappa shape index (κ2) is 57.4. The molecule has 0 saturated heterocycles. The summed E-state index contributed by atoms with van der Waals surface area (Å²) in [7, 11) is 0. The van der Waals surface area contributed by atoms with Crippen molar-refractivity contribution in [3.8, 4) is 0 Å². The standard InChI is InChI=1S/C63H110O6/c1-4-7-10-13-16-19-22-25-27-29-31-33-35-38-41-44-47-50-53-56-62(65)68-59-60(58-67-61(64)55-52-49-46-43-40-37-24-21-18-15-12-9-6-3)69-63(66)57-54-51-48-45-42-39-36-34-32-30-28-26-23-20-17-14-11-8-5-2/h7,9-10,12,15-16,18-19,21,24-25,27,60H,4-6,8,11,13-14,17,20,22-23,26,28-59H2,1-3H3/b10-7+,12-9+,18-15+,19-16+,24-21+,27-25+. The van der Waals surface area contributed by atoms with Crippen molar-refractivity contribution in [3.05, 3.63) is 72.9 Å². The molecule has 0 spiro atoms. The Morgan fingerprint density at radius 3 is 1.04 bits per heavy atom. The van der Waals surface area contributed by atoms with Gasteiger partial charge in [-0.25, -0.2) is 0 Å². The molecule has 0 saturated carbocycles. The number of carbonyl (C=O) groups is 3. The Hall–Kier alpha value is -3.15. The van der Waals surface area contributed by atoms with E-state index < -0.39 is 6.10 Å². The van der Waals surface area contributed by atoms with Crippen LogP contribution in [0.15, 0.2) is 72.9 Å². The quantitative estimate of drug-likeness (QED) is 0.0199. The Morgan fingerprint density at radius 1 is 0.319 bits per heavy atom. The molecule has 6 heteroatoms. The molecular formula is C63H110O6. The van der Waals surface area contributed by atoms with E-state index in [2.05, 4.69) is 93.7 Å². The van der Waals surface area contributed by atoms with Gasteiger partial charge in [0.1, 0.15) is 13.2 Å². The fourth-order valence-electron chi connectivity index (χ4n) is 8.40. The first-order valence-electron chi connectivity index (χ1n) is 29.5. The van der Waals surface area contributed by atoms with E-state index in [1.807, 2.05) is 0 Å². The van der Waals surface area contributed by atoms with Gasteiger partial charge in [-0.2, -0.15) is 0 Å². The van der Waals surface area contributed by atoms with Crippen LogP contribution in [0, 0.1) is 0 Å². The van der Waals surface area contributed by atoms with Crippen LogP contribution in [0.25, 0.3) is 0 Å². The van der Waals surface area contributed by atoms with Gasteiger partial charge >= 0.3 is 17.9 Å². The third-order valence-electron chi connectivity index (χ3n) is 12.8. The number of ether oxygens (including phenoxy) is 3. The molecule has 0 aliphatic heterocycles. The second-order valence-electron chi connectivity index (χ2n) is 19.6. The summed E-state index contributed by atoms with van der Waals surface area (Å²) in [5, 5.41) is 0. The van der Waals surface area contributed by atoms with Crippen molar-refractivity contribution in [1.29, 1.82) is 0 Å². The van der Waals surface area contributed by atoms with Crippen LogP contribution in [-0.4, -0.2) is 37.2 Å². The number of rotatable bonds is 53. The number of unbranched alkanes of at least 4 members (excludes halogenated alkanes) is 32. The topological polar surface area (TPSA) is 78.9 Å². The lowest BCUT2D eigenvalue weighted by atomic mass is 10.0. The van der Waals surface area contributed by atoms with Gasteiger partial charge in [-0.1, -0.05) is 273 Å². The average Bonchev–Trinajstić information content (AvgIpc) is 3.35. The smallest absolute Gasteiger partial charge is 0.306 e. The number of esters is 3. The predicted octanol–water partition coefficient (Wildman–Crippen LogP) is 19.8. The van der Waals surface area contributed by atoms with E-state index in [4.69, 9.17) is 14.2 Å². The minimum absolute atomic E-state index is 0.0828. The van der Waals surface area contributed by atoms with Crippen molar-refractivity contribution >= 4 is 17.9 Å². The summed E-state index contributed by atoms with van der Waals surface area (Å²) < 4.78 is 16.9. The van der Waals surface area contributed by atoms with Gasteiger partial charge in [0.05, 0.1) is 0 Å². The van der Waals surface area contributed by atoms with Gasteiger partial charge in [0.25, 0.3) is 0 Å². The van der Waals surface area contributed by atoms with Crippen LogP contribution in [0.5, 0.6) is 0 Å². The number of hydrogen-bond acceptors (Lipinski definition) is 6. The highest BCUT2D eigenvalue weighted by Crippen LogP contribution is 2.17. The minimum atomic E-state index is -0.785. The van der Waals surface area contributed by atoms with Crippen LogP contribution < -0.4 is 0 Å². The molecule has 0 bridgehead atoms. The van der Waals surface area contributed by atoms with E-state index in [1.165, 1.54) is 148 Å². The zero-order valence-corrected chi connectivity index (χ0v) is 45.6. The van der Waals surface area contributed by atoms with Crippen molar-refractivity contribution in [2.75, 3.05) is 13.2 Å². The van der Waals surface area contributed by atoms with Crippen molar-refractivity contribution in [1.82, 2.24) is 0 Å². The summed E-state index contributed by atoms with van der Waals surface area (Å²) in [6, 6.07) is 0. The molecule has 6 nitrogen and oxygen atoms in total. The van der Waals surface area contributed by atoms with E-state index in [1.54, 1.807) is 0 Å². The van der Waals surface area contributed by atoms with Gasteiger partial charge in [-0.15, -0.1) is 0 Å². The molecule has 0 fully saturated rings. The maximum Gasteiger partial charge on any atom is 0.306 e. The lowest BCUT2D eigenvalue weighted by Gasteiger charge is -2.18. The maximum absolute atomic E-state index is 12.9. The van der Waals surface area contributed by atoms with Crippen molar-refractivity contribution in [3.63, 3.8) is 0 Å². The number of hydrogen-bond donors (Lipinski definition) is 0. The Balaban J connectivity index is 4.35. The monoisotopic (exact) mass is 963 g/mol. The lowest BCUT2D eigenvalue weighted by Crippen LogP contribution is -2.30. The Kier molecular flexibility index (Phi) is 54.8. The zero-order valence-electron chi connectivity index (χ0n) is 45.6. The normalized spacial score (nSPS) is 12.6. The minimum Gasteiger partial charge on any atom is -0.462 e. The average molecular weight is 964 g/mol. The van der Waals surface area contributed by atoms with Crippen LogP contribution in [-0.2, 0) is 28.6 Å². The second-order valence-corrected chi connectivity index (χ2v) is 19.6. The molecule has 1 unspecified atom stereocenters. The SMILES string of the molecule is CC/C=C/C=C/C=C/CCCCCCCC(=O)OCC(COC(=O)CCCCCCCCCCC/C=C/C/C=C/C/C=C/CC)OC(=O)CCCCCCCCCCCCCCCCCCCCC. The first kappa shape index (κ1) is 65.8. The molecule has 0 aliphatic rings. The fourth-order valence-corrected chi connectivity index (χ4v) is 8.40. The molecule has 0 radical (unpaired) electrons. The highest BCUT2D eigenvalue weighted by molar-refractivity contribution is 5.71. The summed E-state index contributed by atoms with van der Waals surface area (Å²) in [5.41, 5.74) is 0. The molecule has 0 aromatic heterocycles. The van der Waals surface area contributed by atoms with E-state index in [0.717, 1.165) is 103 Å². The summed E-state index contributed by atoms with van der Waals surface area (Å²) in [6.07, 6.45) is 73.3. The van der Waals surface area contributed by atoms with Crippen LogP contribution in [0.1, 0.15) is 290 Å². The van der Waals surface area contributed by atoms with Gasteiger partial charge in [0, 0.05) is 19.3 Å². The number of carbonyl (C=O) groups excluding carboxylic acids is 3. The largest absolute Gasteiger partial charge is 0.462 e. The van der Waals surface area contributed by atoms with Crippen molar-refractivity contribution in [2.45, 2.75) is 297 Å².